The summed E-state index contributed by atoms with van der Waals surface area (Å²) in [6.45, 7) is 5.95. The van der Waals surface area contributed by atoms with Gasteiger partial charge in [-0.05, 0) is 61.4 Å². The molecule has 2 aromatic rings. The molecule has 31 heavy (non-hydrogen) atoms. The molecule has 0 saturated carbocycles. The van der Waals surface area contributed by atoms with Crippen molar-refractivity contribution in [1.29, 1.82) is 0 Å². The molecule has 7 heteroatoms. The predicted octanol–water partition coefficient (Wildman–Crippen LogP) is 2.06. The number of non-ortho nitro benzene ring substituents is 1. The molecule has 1 atom stereocenters. The van der Waals surface area contributed by atoms with Gasteiger partial charge in [-0.25, -0.2) is 0 Å². The van der Waals surface area contributed by atoms with Gasteiger partial charge in [-0.3, -0.25) is 14.9 Å². The van der Waals surface area contributed by atoms with Crippen molar-refractivity contribution in [2.45, 2.75) is 38.6 Å². The molecule has 1 heterocycles. The van der Waals surface area contributed by atoms with E-state index in [0.29, 0.717) is 6.54 Å². The molecular formula is C24H31N4O3+. The van der Waals surface area contributed by atoms with E-state index in [-0.39, 0.29) is 22.6 Å². The second-order valence-electron chi connectivity index (χ2n) is 8.71. The van der Waals surface area contributed by atoms with Crippen LogP contribution in [0.15, 0.2) is 42.5 Å². The number of carbonyl (C=O) groups excluding carboxylic acids is 1. The number of quaternary nitrogens is 1. The van der Waals surface area contributed by atoms with E-state index in [0.717, 1.165) is 38.3 Å². The third-order valence-electron chi connectivity index (χ3n) is 6.56. The zero-order chi connectivity index (χ0) is 21.8. The summed E-state index contributed by atoms with van der Waals surface area (Å²) in [5.41, 5.74) is 5.20. The molecular weight excluding hydrogens is 392 g/mol. The Morgan fingerprint density at radius 1 is 1.10 bits per heavy atom. The van der Waals surface area contributed by atoms with Gasteiger partial charge in [-0.15, -0.1) is 0 Å². The molecule has 1 amide bonds. The van der Waals surface area contributed by atoms with Crippen molar-refractivity contribution in [3.63, 3.8) is 0 Å². The summed E-state index contributed by atoms with van der Waals surface area (Å²) in [6.07, 6.45) is 4.85. The third kappa shape index (κ3) is 5.22. The normalized spacial score (nSPS) is 17.6. The molecule has 0 aromatic heterocycles. The molecule has 0 spiro atoms. The van der Waals surface area contributed by atoms with Gasteiger partial charge in [0.25, 0.3) is 11.6 Å². The zero-order valence-electron chi connectivity index (χ0n) is 18.1. The molecule has 2 aliphatic rings. The van der Waals surface area contributed by atoms with Crippen LogP contribution in [0.5, 0.6) is 0 Å². The molecule has 1 fully saturated rings. The van der Waals surface area contributed by atoms with E-state index >= 15 is 0 Å². The highest BCUT2D eigenvalue weighted by Gasteiger charge is 2.23. The van der Waals surface area contributed by atoms with Gasteiger partial charge in [0.05, 0.1) is 37.1 Å². The topological polar surface area (TPSA) is 79.9 Å². The minimum absolute atomic E-state index is 0.0144. The molecule has 7 nitrogen and oxygen atoms in total. The molecule has 0 radical (unpaired) electrons. The smallest absolute Gasteiger partial charge is 0.275 e. The van der Waals surface area contributed by atoms with Crippen LogP contribution in [0.2, 0.25) is 0 Å². The Labute approximate surface area is 183 Å². The van der Waals surface area contributed by atoms with Gasteiger partial charge in [0, 0.05) is 17.8 Å². The van der Waals surface area contributed by atoms with E-state index in [2.05, 4.69) is 35.3 Å². The summed E-state index contributed by atoms with van der Waals surface area (Å²) in [4.78, 5) is 26.6. The molecule has 0 unspecified atom stereocenters. The van der Waals surface area contributed by atoms with Crippen LogP contribution < -0.4 is 15.1 Å². The maximum Gasteiger partial charge on any atom is 0.275 e. The number of hydrogen-bond donors (Lipinski definition) is 2. The number of nitro groups is 1. The minimum Gasteiger partial charge on any atom is -0.360 e. The Morgan fingerprint density at radius 2 is 1.77 bits per heavy atom. The number of amides is 1. The van der Waals surface area contributed by atoms with Crippen LogP contribution in [-0.2, 0) is 17.6 Å². The fourth-order valence-corrected chi connectivity index (χ4v) is 4.67. The Bertz CT molecular complexity index is 936. The summed E-state index contributed by atoms with van der Waals surface area (Å²) in [5, 5.41) is 14.0. The van der Waals surface area contributed by atoms with Gasteiger partial charge in [-0.2, -0.15) is 0 Å². The maximum absolute atomic E-state index is 12.6. The minimum atomic E-state index is -0.379. The molecule has 4 rings (SSSR count). The molecule has 164 valence electrons. The van der Waals surface area contributed by atoms with Gasteiger partial charge in [-0.1, -0.05) is 18.2 Å². The van der Waals surface area contributed by atoms with E-state index in [1.807, 2.05) is 0 Å². The molecule has 1 aliphatic carbocycles. The largest absolute Gasteiger partial charge is 0.360 e. The van der Waals surface area contributed by atoms with Crippen LogP contribution in [0.4, 0.5) is 11.4 Å². The molecule has 1 aliphatic heterocycles. The average molecular weight is 424 g/mol. The van der Waals surface area contributed by atoms with Gasteiger partial charge in [0.2, 0.25) is 0 Å². The lowest BCUT2D eigenvalue weighted by molar-refractivity contribution is -0.892. The standard InChI is InChI=1S/C24H30N4O3/c1-18(20-7-6-19-4-2-3-5-21(19)16-20)25-24(29)17-26-12-14-27(15-13-26)22-8-10-23(11-9-22)28(30)31/h6-11,16,18H,2-5,12-15,17H2,1H3,(H,25,29)/p+1/t18-/m1/s1. The number of nitro benzene ring substituents is 1. The summed E-state index contributed by atoms with van der Waals surface area (Å²) >= 11 is 0. The van der Waals surface area contributed by atoms with E-state index in [1.165, 1.54) is 40.9 Å². The summed E-state index contributed by atoms with van der Waals surface area (Å²) in [6, 6.07) is 13.4. The Balaban J connectivity index is 1.25. The Morgan fingerprint density at radius 3 is 2.45 bits per heavy atom. The van der Waals surface area contributed by atoms with E-state index in [9.17, 15) is 14.9 Å². The molecule has 1 saturated heterocycles. The number of piperazine rings is 1. The quantitative estimate of drug-likeness (QED) is 0.551. The Kier molecular flexibility index (Phi) is 6.51. The fraction of sp³-hybridized carbons (Fsp3) is 0.458. The summed E-state index contributed by atoms with van der Waals surface area (Å²) in [7, 11) is 0. The SMILES string of the molecule is C[C@@H](NC(=O)C[NH+]1CCN(c2ccc([N+](=O)[O-])cc2)CC1)c1ccc2c(c1)CCCC2. The second kappa shape index (κ2) is 9.47. The van der Waals surface area contributed by atoms with Gasteiger partial charge >= 0.3 is 0 Å². The number of aryl methyl sites for hydroxylation is 2. The average Bonchev–Trinajstić information content (AvgIpc) is 2.79. The van der Waals surface area contributed by atoms with Crippen molar-refractivity contribution >= 4 is 17.3 Å². The number of anilines is 1. The predicted molar refractivity (Wildman–Crippen MR) is 121 cm³/mol. The van der Waals surface area contributed by atoms with Gasteiger partial charge in [0.1, 0.15) is 0 Å². The number of benzene rings is 2. The Hall–Kier alpha value is -2.93. The van der Waals surface area contributed by atoms with Crippen LogP contribution in [-0.4, -0.2) is 43.6 Å². The first-order valence-electron chi connectivity index (χ1n) is 11.2. The van der Waals surface area contributed by atoms with Crippen molar-refractivity contribution in [2.24, 2.45) is 0 Å². The fourth-order valence-electron chi connectivity index (χ4n) is 4.67. The highest BCUT2D eigenvalue weighted by molar-refractivity contribution is 5.77. The maximum atomic E-state index is 12.6. The lowest BCUT2D eigenvalue weighted by atomic mass is 9.89. The van der Waals surface area contributed by atoms with E-state index in [4.69, 9.17) is 0 Å². The van der Waals surface area contributed by atoms with Crippen molar-refractivity contribution in [3.05, 3.63) is 69.3 Å². The number of nitrogens with zero attached hydrogens (tertiary/aromatic N) is 2. The lowest BCUT2D eigenvalue weighted by Crippen LogP contribution is -3.15. The van der Waals surface area contributed by atoms with Crippen molar-refractivity contribution in [3.8, 4) is 0 Å². The third-order valence-corrected chi connectivity index (χ3v) is 6.56. The van der Waals surface area contributed by atoms with Crippen molar-refractivity contribution in [2.75, 3.05) is 37.6 Å². The molecule has 2 N–H and O–H groups in total. The number of hydrogen-bond acceptors (Lipinski definition) is 4. The van der Waals surface area contributed by atoms with Gasteiger partial charge in [0.15, 0.2) is 6.54 Å². The second-order valence-corrected chi connectivity index (χ2v) is 8.71. The van der Waals surface area contributed by atoms with E-state index < -0.39 is 0 Å². The first-order chi connectivity index (χ1) is 15.0. The number of fused-ring (bicyclic) bond motifs is 1. The molecule has 0 bridgehead atoms. The van der Waals surface area contributed by atoms with Crippen LogP contribution in [0.3, 0.4) is 0 Å². The summed E-state index contributed by atoms with van der Waals surface area (Å²) < 4.78 is 0. The molecule has 2 aromatic carbocycles. The first kappa shape index (κ1) is 21.3. The highest BCUT2D eigenvalue weighted by Crippen LogP contribution is 2.24. The lowest BCUT2D eigenvalue weighted by Gasteiger charge is -2.33. The van der Waals surface area contributed by atoms with Crippen LogP contribution >= 0.6 is 0 Å². The number of carbonyl (C=O) groups is 1. The van der Waals surface area contributed by atoms with Gasteiger partial charge < -0.3 is 15.1 Å². The van der Waals surface area contributed by atoms with E-state index in [1.54, 1.807) is 24.3 Å². The van der Waals surface area contributed by atoms with Crippen molar-refractivity contribution in [1.82, 2.24) is 5.32 Å². The number of nitrogens with one attached hydrogen (secondary N) is 2. The highest BCUT2D eigenvalue weighted by atomic mass is 16.6. The first-order valence-corrected chi connectivity index (χ1v) is 11.2. The number of rotatable bonds is 6. The van der Waals surface area contributed by atoms with Crippen molar-refractivity contribution < 1.29 is 14.6 Å². The van der Waals surface area contributed by atoms with Crippen LogP contribution in [0.1, 0.15) is 42.5 Å². The monoisotopic (exact) mass is 423 g/mol. The van der Waals surface area contributed by atoms with Crippen LogP contribution in [0.25, 0.3) is 0 Å². The van der Waals surface area contributed by atoms with Crippen LogP contribution in [0, 0.1) is 10.1 Å². The zero-order valence-corrected chi connectivity index (χ0v) is 18.1. The summed E-state index contributed by atoms with van der Waals surface area (Å²) in [5.74, 6) is 0.0870.